The number of unbranched alkanes of at least 4 members (excludes halogenated alkanes) is 9. The Morgan fingerprint density at radius 1 is 0.720 bits per heavy atom. The van der Waals surface area contributed by atoms with Crippen LogP contribution in [0, 0.1) is 0 Å². The monoisotopic (exact) mass is 356 g/mol. The van der Waals surface area contributed by atoms with E-state index >= 15 is 0 Å². The van der Waals surface area contributed by atoms with E-state index in [1.165, 1.54) is 44.9 Å². The smallest absolute Gasteiger partial charge is 0.306 e. The lowest BCUT2D eigenvalue weighted by Crippen LogP contribution is -2.18. The fraction of sp³-hybridized carbons (Fsp3) is 0.905. The fourth-order valence-electron chi connectivity index (χ4n) is 2.99. The maximum atomic E-state index is 11.9. The number of esters is 1. The first kappa shape index (κ1) is 23.9. The van der Waals surface area contributed by atoms with Crippen molar-refractivity contribution in [2.45, 2.75) is 123 Å². The first-order valence-corrected chi connectivity index (χ1v) is 10.5. The number of carbonyl (C=O) groups is 2. The van der Waals surface area contributed by atoms with Gasteiger partial charge in [-0.3, -0.25) is 9.59 Å². The van der Waals surface area contributed by atoms with Crippen molar-refractivity contribution in [3.63, 3.8) is 0 Å². The zero-order valence-electron chi connectivity index (χ0n) is 16.6. The van der Waals surface area contributed by atoms with Gasteiger partial charge in [0, 0.05) is 12.8 Å². The summed E-state index contributed by atoms with van der Waals surface area (Å²) in [4.78, 5) is 22.4. The van der Waals surface area contributed by atoms with Gasteiger partial charge < -0.3 is 9.84 Å². The van der Waals surface area contributed by atoms with Gasteiger partial charge in [0.05, 0.1) is 0 Å². The molecule has 0 rings (SSSR count). The van der Waals surface area contributed by atoms with E-state index in [9.17, 15) is 9.59 Å². The molecule has 0 saturated heterocycles. The summed E-state index contributed by atoms with van der Waals surface area (Å²) in [5, 5.41) is 8.61. The van der Waals surface area contributed by atoms with Crippen LogP contribution in [0.3, 0.4) is 0 Å². The molecule has 0 aliphatic rings. The van der Waals surface area contributed by atoms with Crippen LogP contribution in [0.5, 0.6) is 0 Å². The first-order chi connectivity index (χ1) is 12.1. The third-order valence-corrected chi connectivity index (χ3v) is 4.58. The standard InChI is InChI=1S/C21H40O4/c1-3-5-7-8-9-10-11-12-16-19(15-6-4-2)25-21(24)18-14-13-17-20(22)23/h19H,3-18H2,1-2H3,(H,22,23). The van der Waals surface area contributed by atoms with E-state index in [0.29, 0.717) is 19.3 Å². The molecule has 0 aliphatic carbocycles. The molecule has 148 valence electrons. The number of carboxylic acid groups (broad SMARTS) is 1. The molecule has 0 heterocycles. The number of carbonyl (C=O) groups excluding carboxylic acids is 1. The molecule has 0 aromatic rings. The van der Waals surface area contributed by atoms with Gasteiger partial charge >= 0.3 is 11.9 Å². The number of carboxylic acids is 1. The molecule has 1 unspecified atom stereocenters. The Morgan fingerprint density at radius 2 is 1.24 bits per heavy atom. The summed E-state index contributed by atoms with van der Waals surface area (Å²) in [6.07, 6.45) is 16.1. The van der Waals surface area contributed by atoms with Crippen molar-refractivity contribution in [3.8, 4) is 0 Å². The normalized spacial score (nSPS) is 12.1. The van der Waals surface area contributed by atoms with Gasteiger partial charge in [0.25, 0.3) is 0 Å². The molecule has 0 saturated carbocycles. The molecule has 0 radical (unpaired) electrons. The van der Waals surface area contributed by atoms with Gasteiger partial charge in [0.2, 0.25) is 0 Å². The number of rotatable bonds is 18. The van der Waals surface area contributed by atoms with Crippen LogP contribution in [0.15, 0.2) is 0 Å². The fourth-order valence-corrected chi connectivity index (χ4v) is 2.99. The average molecular weight is 357 g/mol. The highest BCUT2D eigenvalue weighted by molar-refractivity contribution is 5.70. The van der Waals surface area contributed by atoms with Crippen molar-refractivity contribution in [2.75, 3.05) is 0 Å². The second-order valence-electron chi connectivity index (χ2n) is 7.12. The molecular formula is C21H40O4. The molecule has 25 heavy (non-hydrogen) atoms. The van der Waals surface area contributed by atoms with Crippen LogP contribution in [-0.4, -0.2) is 23.1 Å². The summed E-state index contributed by atoms with van der Waals surface area (Å²) in [5.74, 6) is -0.963. The topological polar surface area (TPSA) is 63.6 Å². The van der Waals surface area contributed by atoms with E-state index in [4.69, 9.17) is 9.84 Å². The average Bonchev–Trinajstić information content (AvgIpc) is 2.58. The second-order valence-corrected chi connectivity index (χ2v) is 7.12. The van der Waals surface area contributed by atoms with E-state index in [2.05, 4.69) is 13.8 Å². The van der Waals surface area contributed by atoms with E-state index in [0.717, 1.165) is 32.1 Å². The number of aliphatic carboxylic acids is 1. The number of hydrogen-bond acceptors (Lipinski definition) is 3. The van der Waals surface area contributed by atoms with E-state index in [-0.39, 0.29) is 18.5 Å². The Bertz CT molecular complexity index is 328. The predicted octanol–water partition coefficient (Wildman–Crippen LogP) is 6.26. The number of ether oxygens (including phenoxy) is 1. The summed E-state index contributed by atoms with van der Waals surface area (Å²) >= 11 is 0. The SMILES string of the molecule is CCCCCCCCCCC(CCCC)OC(=O)CCCCC(=O)O. The molecule has 4 heteroatoms. The zero-order chi connectivity index (χ0) is 18.8. The minimum atomic E-state index is -0.802. The van der Waals surface area contributed by atoms with Gasteiger partial charge in [-0.15, -0.1) is 0 Å². The molecular weight excluding hydrogens is 316 g/mol. The van der Waals surface area contributed by atoms with Crippen molar-refractivity contribution < 1.29 is 19.4 Å². The maximum absolute atomic E-state index is 11.9. The van der Waals surface area contributed by atoms with Gasteiger partial charge in [0.15, 0.2) is 0 Å². The third-order valence-electron chi connectivity index (χ3n) is 4.58. The lowest BCUT2D eigenvalue weighted by atomic mass is 10.0. The Balaban J connectivity index is 3.83. The highest BCUT2D eigenvalue weighted by atomic mass is 16.5. The molecule has 0 aliphatic heterocycles. The molecule has 0 fully saturated rings. The molecule has 0 aromatic carbocycles. The predicted molar refractivity (Wildman–Crippen MR) is 103 cm³/mol. The van der Waals surface area contributed by atoms with Crippen LogP contribution in [0.1, 0.15) is 117 Å². The summed E-state index contributed by atoms with van der Waals surface area (Å²) in [6.45, 7) is 4.39. The largest absolute Gasteiger partial charge is 0.481 e. The summed E-state index contributed by atoms with van der Waals surface area (Å²) in [5.41, 5.74) is 0. The minimum absolute atomic E-state index is 0.0482. The van der Waals surface area contributed by atoms with Crippen molar-refractivity contribution in [1.82, 2.24) is 0 Å². The van der Waals surface area contributed by atoms with Crippen molar-refractivity contribution in [1.29, 1.82) is 0 Å². The number of hydrogen-bond donors (Lipinski definition) is 1. The Kier molecular flexibility index (Phi) is 17.0. The molecule has 1 N–H and O–H groups in total. The lowest BCUT2D eigenvalue weighted by molar-refractivity contribution is -0.150. The van der Waals surface area contributed by atoms with E-state index in [1.54, 1.807) is 0 Å². The Labute approximate surface area is 154 Å². The Hall–Kier alpha value is -1.06. The minimum Gasteiger partial charge on any atom is -0.481 e. The molecule has 4 nitrogen and oxygen atoms in total. The van der Waals surface area contributed by atoms with Gasteiger partial charge in [-0.2, -0.15) is 0 Å². The highest BCUT2D eigenvalue weighted by Crippen LogP contribution is 2.16. The summed E-state index contributed by atoms with van der Waals surface area (Å²) in [7, 11) is 0. The van der Waals surface area contributed by atoms with Crippen LogP contribution < -0.4 is 0 Å². The van der Waals surface area contributed by atoms with Gasteiger partial charge in [-0.05, 0) is 32.1 Å². The van der Waals surface area contributed by atoms with Crippen molar-refractivity contribution >= 4 is 11.9 Å². The van der Waals surface area contributed by atoms with Gasteiger partial charge in [0.1, 0.15) is 6.10 Å². The molecule has 0 amide bonds. The second kappa shape index (κ2) is 17.8. The lowest BCUT2D eigenvalue weighted by Gasteiger charge is -2.18. The molecule has 0 spiro atoms. The van der Waals surface area contributed by atoms with Gasteiger partial charge in [-0.1, -0.05) is 71.6 Å². The van der Waals surface area contributed by atoms with E-state index < -0.39 is 5.97 Å². The van der Waals surface area contributed by atoms with Gasteiger partial charge in [-0.25, -0.2) is 0 Å². The highest BCUT2D eigenvalue weighted by Gasteiger charge is 2.14. The van der Waals surface area contributed by atoms with Crippen molar-refractivity contribution in [2.24, 2.45) is 0 Å². The molecule has 0 aromatic heterocycles. The van der Waals surface area contributed by atoms with Crippen LogP contribution in [0.4, 0.5) is 0 Å². The Morgan fingerprint density at radius 3 is 1.84 bits per heavy atom. The third kappa shape index (κ3) is 17.6. The summed E-state index contributed by atoms with van der Waals surface area (Å²) in [6, 6.07) is 0. The van der Waals surface area contributed by atoms with Crippen molar-refractivity contribution in [3.05, 3.63) is 0 Å². The van der Waals surface area contributed by atoms with Crippen LogP contribution in [0.2, 0.25) is 0 Å². The van der Waals surface area contributed by atoms with E-state index in [1.807, 2.05) is 0 Å². The zero-order valence-corrected chi connectivity index (χ0v) is 16.6. The van der Waals surface area contributed by atoms with Crippen LogP contribution >= 0.6 is 0 Å². The summed E-state index contributed by atoms with van der Waals surface area (Å²) < 4.78 is 5.63. The maximum Gasteiger partial charge on any atom is 0.306 e. The molecule has 1 atom stereocenters. The van der Waals surface area contributed by atoms with Crippen LogP contribution in [0.25, 0.3) is 0 Å². The quantitative estimate of drug-likeness (QED) is 0.232. The molecule has 0 bridgehead atoms. The van der Waals surface area contributed by atoms with Crippen LogP contribution in [-0.2, 0) is 14.3 Å². The first-order valence-electron chi connectivity index (χ1n) is 10.5.